The second-order valence-electron chi connectivity index (χ2n) is 4.27. The van der Waals surface area contributed by atoms with E-state index in [1.807, 2.05) is 0 Å². The van der Waals surface area contributed by atoms with E-state index < -0.39 is 0 Å². The summed E-state index contributed by atoms with van der Waals surface area (Å²) in [6, 6.07) is 0. The van der Waals surface area contributed by atoms with Gasteiger partial charge in [-0.2, -0.15) is 0 Å². The number of hydrogen-bond donors (Lipinski definition) is 1. The maximum absolute atomic E-state index is 7.69. The standard InChI is InChI=1S/C10H18N2O/c1-2-9(11)12-7-10(8-12)3-5-13-6-4-10/h11H,2-8H2,1H3. The highest BCUT2D eigenvalue weighted by Crippen LogP contribution is 2.39. The Bertz CT molecular complexity index is 201. The van der Waals surface area contributed by atoms with Crippen LogP contribution in [0.15, 0.2) is 0 Å². The minimum atomic E-state index is 0.514. The fourth-order valence-electron chi connectivity index (χ4n) is 2.30. The molecule has 2 saturated heterocycles. The van der Waals surface area contributed by atoms with Gasteiger partial charge in [-0.05, 0) is 12.8 Å². The van der Waals surface area contributed by atoms with Crippen molar-refractivity contribution in [1.29, 1.82) is 5.41 Å². The molecule has 2 rings (SSSR count). The molecule has 0 aromatic carbocycles. The van der Waals surface area contributed by atoms with Crippen LogP contribution in [-0.4, -0.2) is 37.0 Å². The zero-order valence-corrected chi connectivity index (χ0v) is 8.31. The van der Waals surface area contributed by atoms with E-state index in [4.69, 9.17) is 10.1 Å². The normalized spacial score (nSPS) is 25.8. The highest BCUT2D eigenvalue weighted by Gasteiger charge is 2.44. The highest BCUT2D eigenvalue weighted by atomic mass is 16.5. The van der Waals surface area contributed by atoms with Gasteiger partial charge in [-0.15, -0.1) is 0 Å². The fourth-order valence-corrected chi connectivity index (χ4v) is 2.30. The number of rotatable bonds is 1. The van der Waals surface area contributed by atoms with E-state index in [1.165, 1.54) is 12.8 Å². The summed E-state index contributed by atoms with van der Waals surface area (Å²) >= 11 is 0. The van der Waals surface area contributed by atoms with Gasteiger partial charge in [0.25, 0.3) is 0 Å². The number of nitrogens with one attached hydrogen (secondary N) is 1. The Kier molecular flexibility index (Phi) is 2.28. The molecular weight excluding hydrogens is 164 g/mol. The summed E-state index contributed by atoms with van der Waals surface area (Å²) in [6.45, 7) is 6.10. The van der Waals surface area contributed by atoms with Crippen LogP contribution in [0.4, 0.5) is 0 Å². The molecule has 0 bridgehead atoms. The van der Waals surface area contributed by atoms with Gasteiger partial charge in [-0.25, -0.2) is 0 Å². The van der Waals surface area contributed by atoms with Gasteiger partial charge in [0, 0.05) is 38.1 Å². The lowest BCUT2D eigenvalue weighted by Gasteiger charge is -2.53. The molecule has 3 heteroatoms. The van der Waals surface area contributed by atoms with Gasteiger partial charge in [0.15, 0.2) is 0 Å². The first-order chi connectivity index (χ1) is 6.26. The van der Waals surface area contributed by atoms with Crippen LogP contribution in [0.1, 0.15) is 26.2 Å². The molecule has 2 heterocycles. The first-order valence-corrected chi connectivity index (χ1v) is 5.16. The molecule has 13 heavy (non-hydrogen) atoms. The van der Waals surface area contributed by atoms with Crippen LogP contribution < -0.4 is 0 Å². The van der Waals surface area contributed by atoms with Gasteiger partial charge in [0.05, 0.1) is 5.84 Å². The van der Waals surface area contributed by atoms with Gasteiger partial charge < -0.3 is 9.64 Å². The summed E-state index contributed by atoms with van der Waals surface area (Å²) in [5, 5.41) is 7.69. The maximum atomic E-state index is 7.69. The first-order valence-electron chi connectivity index (χ1n) is 5.16. The van der Waals surface area contributed by atoms with Crippen molar-refractivity contribution in [3.63, 3.8) is 0 Å². The molecule has 0 atom stereocenters. The van der Waals surface area contributed by atoms with Crippen molar-refractivity contribution in [3.05, 3.63) is 0 Å². The zero-order valence-electron chi connectivity index (χ0n) is 8.31. The van der Waals surface area contributed by atoms with Gasteiger partial charge in [-0.1, -0.05) is 6.92 Å². The molecular formula is C10H18N2O. The topological polar surface area (TPSA) is 36.3 Å². The van der Waals surface area contributed by atoms with Gasteiger partial charge in [0.2, 0.25) is 0 Å². The van der Waals surface area contributed by atoms with Gasteiger partial charge in [-0.3, -0.25) is 5.41 Å². The van der Waals surface area contributed by atoms with Crippen molar-refractivity contribution >= 4 is 5.84 Å². The predicted octanol–water partition coefficient (Wildman–Crippen LogP) is 1.49. The molecule has 1 spiro atoms. The second-order valence-corrected chi connectivity index (χ2v) is 4.27. The third-order valence-electron chi connectivity index (χ3n) is 3.32. The zero-order chi connectivity index (χ0) is 9.31. The predicted molar refractivity (Wildman–Crippen MR) is 52.1 cm³/mol. The molecule has 0 radical (unpaired) electrons. The molecule has 0 unspecified atom stereocenters. The smallest absolute Gasteiger partial charge is 0.0955 e. The van der Waals surface area contributed by atoms with Crippen LogP contribution >= 0.6 is 0 Å². The molecule has 0 aromatic heterocycles. The molecule has 2 aliphatic heterocycles. The molecule has 2 fully saturated rings. The van der Waals surface area contributed by atoms with E-state index in [2.05, 4.69) is 11.8 Å². The summed E-state index contributed by atoms with van der Waals surface area (Å²) in [5.74, 6) is 0.803. The van der Waals surface area contributed by atoms with Crippen molar-refractivity contribution < 1.29 is 4.74 Å². The van der Waals surface area contributed by atoms with Crippen LogP contribution in [0, 0.1) is 10.8 Å². The van der Waals surface area contributed by atoms with Crippen LogP contribution in [0.2, 0.25) is 0 Å². The second kappa shape index (κ2) is 3.29. The summed E-state index contributed by atoms with van der Waals surface area (Å²) in [5.41, 5.74) is 0.514. The van der Waals surface area contributed by atoms with E-state index >= 15 is 0 Å². The Morgan fingerprint density at radius 3 is 2.54 bits per heavy atom. The molecule has 0 amide bonds. The van der Waals surface area contributed by atoms with Crippen LogP contribution in [0.3, 0.4) is 0 Å². The van der Waals surface area contributed by atoms with Crippen molar-refractivity contribution in [2.24, 2.45) is 5.41 Å². The average molecular weight is 182 g/mol. The van der Waals surface area contributed by atoms with E-state index in [-0.39, 0.29) is 0 Å². The highest BCUT2D eigenvalue weighted by molar-refractivity contribution is 5.79. The number of ether oxygens (including phenoxy) is 1. The Hall–Kier alpha value is -0.570. The summed E-state index contributed by atoms with van der Waals surface area (Å²) < 4.78 is 5.35. The Balaban J connectivity index is 1.85. The van der Waals surface area contributed by atoms with E-state index in [0.717, 1.165) is 38.6 Å². The van der Waals surface area contributed by atoms with Gasteiger partial charge in [0.1, 0.15) is 0 Å². The fraction of sp³-hybridized carbons (Fsp3) is 0.900. The summed E-state index contributed by atoms with van der Waals surface area (Å²) in [6.07, 6.45) is 3.26. The number of nitrogens with zero attached hydrogens (tertiary/aromatic N) is 1. The Morgan fingerprint density at radius 1 is 1.38 bits per heavy atom. The number of likely N-dealkylation sites (tertiary alicyclic amines) is 1. The lowest BCUT2D eigenvalue weighted by atomic mass is 9.73. The third-order valence-corrected chi connectivity index (χ3v) is 3.32. The van der Waals surface area contributed by atoms with E-state index in [9.17, 15) is 0 Å². The molecule has 74 valence electrons. The van der Waals surface area contributed by atoms with Gasteiger partial charge >= 0.3 is 0 Å². The average Bonchev–Trinajstić information content (AvgIpc) is 2.14. The molecule has 0 saturated carbocycles. The minimum Gasteiger partial charge on any atom is -0.381 e. The molecule has 1 N–H and O–H groups in total. The lowest BCUT2D eigenvalue weighted by molar-refractivity contribution is -0.0539. The Morgan fingerprint density at radius 2 is 2.00 bits per heavy atom. The monoisotopic (exact) mass is 182 g/mol. The molecule has 0 aromatic rings. The number of hydrogen-bond acceptors (Lipinski definition) is 2. The largest absolute Gasteiger partial charge is 0.381 e. The quantitative estimate of drug-likeness (QED) is 0.492. The molecule has 0 aliphatic carbocycles. The van der Waals surface area contributed by atoms with E-state index in [0.29, 0.717) is 5.41 Å². The maximum Gasteiger partial charge on any atom is 0.0955 e. The van der Waals surface area contributed by atoms with Crippen molar-refractivity contribution in [2.45, 2.75) is 26.2 Å². The third kappa shape index (κ3) is 1.57. The molecule has 2 aliphatic rings. The SMILES string of the molecule is CCC(=N)N1CC2(CCOCC2)C1. The van der Waals surface area contributed by atoms with Crippen molar-refractivity contribution in [3.8, 4) is 0 Å². The molecule has 3 nitrogen and oxygen atoms in total. The first kappa shape index (κ1) is 9.00. The van der Waals surface area contributed by atoms with Crippen LogP contribution in [0.25, 0.3) is 0 Å². The summed E-state index contributed by atoms with van der Waals surface area (Å²) in [4.78, 5) is 2.20. The van der Waals surface area contributed by atoms with Crippen molar-refractivity contribution in [1.82, 2.24) is 4.90 Å². The minimum absolute atomic E-state index is 0.514. The number of amidine groups is 1. The lowest BCUT2D eigenvalue weighted by Crippen LogP contribution is -2.59. The van der Waals surface area contributed by atoms with Crippen LogP contribution in [0.5, 0.6) is 0 Å². The Labute approximate surface area is 79.6 Å². The van der Waals surface area contributed by atoms with Crippen molar-refractivity contribution in [2.75, 3.05) is 26.3 Å². The summed E-state index contributed by atoms with van der Waals surface area (Å²) in [7, 11) is 0. The van der Waals surface area contributed by atoms with E-state index in [1.54, 1.807) is 0 Å². The van der Waals surface area contributed by atoms with Crippen LogP contribution in [-0.2, 0) is 4.74 Å².